The van der Waals surface area contributed by atoms with Gasteiger partial charge in [-0.1, -0.05) is 0 Å². The summed E-state index contributed by atoms with van der Waals surface area (Å²) in [5, 5.41) is 8.19. The van der Waals surface area contributed by atoms with E-state index in [1.165, 1.54) is 0 Å². The Morgan fingerprint density at radius 2 is 2.12 bits per heavy atom. The summed E-state index contributed by atoms with van der Waals surface area (Å²) in [6.45, 7) is 3.97. The molecule has 0 saturated carbocycles. The SMILES string of the molecule is O=C(NCCn1ncc2c(N3CCOCC3)ncnc21)c1cccnc1. The first-order valence-corrected chi connectivity index (χ1v) is 8.50. The number of pyridine rings is 1. The van der Waals surface area contributed by atoms with E-state index < -0.39 is 0 Å². The number of fused-ring (bicyclic) bond motifs is 1. The summed E-state index contributed by atoms with van der Waals surface area (Å²) in [5.74, 6) is 0.724. The lowest BCUT2D eigenvalue weighted by atomic mass is 10.3. The van der Waals surface area contributed by atoms with Crippen LogP contribution >= 0.6 is 0 Å². The Hall–Kier alpha value is -3.07. The lowest BCUT2D eigenvalue weighted by Crippen LogP contribution is -2.36. The Balaban J connectivity index is 1.45. The van der Waals surface area contributed by atoms with Gasteiger partial charge in [-0.3, -0.25) is 9.78 Å². The molecule has 0 radical (unpaired) electrons. The third-order valence-electron chi connectivity index (χ3n) is 4.26. The number of nitrogens with one attached hydrogen (secondary N) is 1. The zero-order valence-electron chi connectivity index (χ0n) is 14.2. The van der Waals surface area contributed by atoms with Gasteiger partial charge in [0.25, 0.3) is 5.91 Å². The van der Waals surface area contributed by atoms with Crippen molar-refractivity contribution in [3.8, 4) is 0 Å². The fourth-order valence-electron chi connectivity index (χ4n) is 2.95. The highest BCUT2D eigenvalue weighted by molar-refractivity contribution is 5.93. The molecule has 3 aromatic rings. The third-order valence-corrected chi connectivity index (χ3v) is 4.26. The largest absolute Gasteiger partial charge is 0.378 e. The lowest BCUT2D eigenvalue weighted by molar-refractivity contribution is 0.0951. The molecule has 0 aliphatic carbocycles. The van der Waals surface area contributed by atoms with Crippen LogP contribution in [0.15, 0.2) is 37.1 Å². The summed E-state index contributed by atoms with van der Waals surface area (Å²) in [6.07, 6.45) is 6.52. The minimum atomic E-state index is -0.154. The minimum Gasteiger partial charge on any atom is -0.378 e. The molecule has 3 aromatic heterocycles. The van der Waals surface area contributed by atoms with E-state index in [-0.39, 0.29) is 5.91 Å². The Morgan fingerprint density at radius 1 is 1.23 bits per heavy atom. The van der Waals surface area contributed by atoms with E-state index in [0.29, 0.717) is 31.9 Å². The van der Waals surface area contributed by atoms with Gasteiger partial charge in [0.1, 0.15) is 12.1 Å². The van der Waals surface area contributed by atoms with Gasteiger partial charge < -0.3 is 15.0 Å². The number of carbonyl (C=O) groups is 1. The molecule has 9 nitrogen and oxygen atoms in total. The third kappa shape index (κ3) is 3.33. The Kier molecular flexibility index (Phi) is 4.69. The van der Waals surface area contributed by atoms with Crippen molar-refractivity contribution in [2.24, 2.45) is 0 Å². The molecular formula is C17H19N7O2. The van der Waals surface area contributed by atoms with E-state index in [1.807, 2.05) is 0 Å². The second-order valence-corrected chi connectivity index (χ2v) is 5.90. The van der Waals surface area contributed by atoms with Gasteiger partial charge >= 0.3 is 0 Å². The van der Waals surface area contributed by atoms with Crippen molar-refractivity contribution < 1.29 is 9.53 Å². The smallest absolute Gasteiger partial charge is 0.252 e. The highest BCUT2D eigenvalue weighted by atomic mass is 16.5. The summed E-state index contributed by atoms with van der Waals surface area (Å²) in [7, 11) is 0. The molecule has 1 fully saturated rings. The van der Waals surface area contributed by atoms with Crippen LogP contribution in [0, 0.1) is 0 Å². The monoisotopic (exact) mass is 353 g/mol. The van der Waals surface area contributed by atoms with E-state index >= 15 is 0 Å². The molecule has 1 aliphatic rings. The highest BCUT2D eigenvalue weighted by Crippen LogP contribution is 2.23. The molecule has 0 aromatic carbocycles. The molecule has 0 spiro atoms. The Labute approximate surface area is 150 Å². The second-order valence-electron chi connectivity index (χ2n) is 5.90. The summed E-state index contributed by atoms with van der Waals surface area (Å²) >= 11 is 0. The molecule has 26 heavy (non-hydrogen) atoms. The van der Waals surface area contributed by atoms with Crippen molar-refractivity contribution in [2.75, 3.05) is 37.7 Å². The van der Waals surface area contributed by atoms with Crippen LogP contribution in [0.1, 0.15) is 10.4 Å². The van der Waals surface area contributed by atoms with Crippen molar-refractivity contribution in [3.05, 3.63) is 42.6 Å². The van der Waals surface area contributed by atoms with E-state index in [4.69, 9.17) is 4.74 Å². The number of carbonyl (C=O) groups excluding carboxylic acids is 1. The summed E-state index contributed by atoms with van der Waals surface area (Å²) in [4.78, 5) is 27.0. The van der Waals surface area contributed by atoms with Crippen LogP contribution in [0.4, 0.5) is 5.82 Å². The van der Waals surface area contributed by atoms with Gasteiger partial charge in [-0.2, -0.15) is 5.10 Å². The van der Waals surface area contributed by atoms with Crippen LogP contribution in [0.5, 0.6) is 0 Å². The fourth-order valence-corrected chi connectivity index (χ4v) is 2.95. The van der Waals surface area contributed by atoms with E-state index in [0.717, 1.165) is 29.9 Å². The van der Waals surface area contributed by atoms with E-state index in [9.17, 15) is 4.79 Å². The maximum absolute atomic E-state index is 12.1. The molecule has 0 unspecified atom stereocenters. The predicted octanol–water partition coefficient (Wildman–Crippen LogP) is 0.488. The normalized spacial score (nSPS) is 14.5. The summed E-state index contributed by atoms with van der Waals surface area (Å²) in [6, 6.07) is 3.47. The number of hydrogen-bond acceptors (Lipinski definition) is 7. The first kappa shape index (κ1) is 16.4. The van der Waals surface area contributed by atoms with Gasteiger partial charge in [0.05, 0.1) is 36.9 Å². The van der Waals surface area contributed by atoms with Gasteiger partial charge in [-0.05, 0) is 12.1 Å². The van der Waals surface area contributed by atoms with Gasteiger partial charge in [-0.15, -0.1) is 0 Å². The number of morpholine rings is 1. The number of ether oxygens (including phenoxy) is 1. The molecule has 4 rings (SSSR count). The predicted molar refractivity (Wildman–Crippen MR) is 94.9 cm³/mol. The van der Waals surface area contributed by atoms with E-state index in [2.05, 4.69) is 30.3 Å². The fraction of sp³-hybridized carbons (Fsp3) is 0.353. The van der Waals surface area contributed by atoms with Crippen LogP contribution in [0.3, 0.4) is 0 Å². The van der Waals surface area contributed by atoms with Gasteiger partial charge in [0.2, 0.25) is 0 Å². The van der Waals surface area contributed by atoms with Crippen molar-refractivity contribution in [1.82, 2.24) is 30.0 Å². The van der Waals surface area contributed by atoms with Crippen LogP contribution in [-0.2, 0) is 11.3 Å². The van der Waals surface area contributed by atoms with Gasteiger partial charge in [0.15, 0.2) is 5.65 Å². The van der Waals surface area contributed by atoms with Crippen molar-refractivity contribution in [1.29, 1.82) is 0 Å². The first-order chi connectivity index (χ1) is 12.8. The average Bonchev–Trinajstić information content (AvgIpc) is 3.12. The quantitative estimate of drug-likeness (QED) is 0.713. The zero-order chi connectivity index (χ0) is 17.8. The summed E-state index contributed by atoms with van der Waals surface area (Å²) in [5.41, 5.74) is 1.30. The Bertz CT molecular complexity index is 891. The number of rotatable bonds is 5. The number of amides is 1. The highest BCUT2D eigenvalue weighted by Gasteiger charge is 2.18. The number of aromatic nitrogens is 5. The maximum atomic E-state index is 12.1. The minimum absolute atomic E-state index is 0.154. The number of anilines is 1. The molecule has 134 valence electrons. The van der Waals surface area contributed by atoms with Crippen LogP contribution < -0.4 is 10.2 Å². The van der Waals surface area contributed by atoms with Crippen molar-refractivity contribution in [2.45, 2.75) is 6.54 Å². The van der Waals surface area contributed by atoms with Crippen LogP contribution in [0.2, 0.25) is 0 Å². The van der Waals surface area contributed by atoms with Gasteiger partial charge in [0, 0.05) is 32.0 Å². The number of hydrogen-bond donors (Lipinski definition) is 1. The standard InChI is InChI=1S/C17H19N7O2/c25-17(13-2-1-3-18-10-13)19-4-5-24-16-14(11-22-24)15(20-12-21-16)23-6-8-26-9-7-23/h1-3,10-12H,4-9H2,(H,19,25). The molecule has 1 saturated heterocycles. The molecule has 1 aliphatic heterocycles. The molecule has 0 atom stereocenters. The molecule has 4 heterocycles. The average molecular weight is 353 g/mol. The molecule has 9 heteroatoms. The van der Waals surface area contributed by atoms with Crippen LogP contribution in [0.25, 0.3) is 11.0 Å². The first-order valence-electron chi connectivity index (χ1n) is 8.50. The van der Waals surface area contributed by atoms with Crippen LogP contribution in [-0.4, -0.2) is 63.5 Å². The lowest BCUT2D eigenvalue weighted by Gasteiger charge is -2.27. The Morgan fingerprint density at radius 3 is 2.92 bits per heavy atom. The summed E-state index contributed by atoms with van der Waals surface area (Å²) < 4.78 is 7.18. The molecule has 1 amide bonds. The zero-order valence-corrected chi connectivity index (χ0v) is 14.2. The maximum Gasteiger partial charge on any atom is 0.252 e. The van der Waals surface area contributed by atoms with Gasteiger partial charge in [-0.25, -0.2) is 14.6 Å². The van der Waals surface area contributed by atoms with Crippen molar-refractivity contribution in [3.63, 3.8) is 0 Å². The molecular weight excluding hydrogens is 334 g/mol. The number of nitrogens with zero attached hydrogens (tertiary/aromatic N) is 6. The molecule has 1 N–H and O–H groups in total. The topological polar surface area (TPSA) is 98.1 Å². The van der Waals surface area contributed by atoms with E-state index in [1.54, 1.807) is 41.7 Å². The molecule has 0 bridgehead atoms. The second kappa shape index (κ2) is 7.44. The van der Waals surface area contributed by atoms with Crippen molar-refractivity contribution >= 4 is 22.8 Å².